The van der Waals surface area contributed by atoms with Gasteiger partial charge in [0.25, 0.3) is 0 Å². The van der Waals surface area contributed by atoms with Crippen molar-refractivity contribution < 1.29 is 24.2 Å². The van der Waals surface area contributed by atoms with Gasteiger partial charge in [0.05, 0.1) is 36.1 Å². The van der Waals surface area contributed by atoms with Gasteiger partial charge in [-0.2, -0.15) is 0 Å². The van der Waals surface area contributed by atoms with Gasteiger partial charge >= 0.3 is 6.09 Å². The molecule has 2 aromatic heterocycles. The molecular formula is C27H37N7O5. The SMILES string of the molecule is COC(=O)N[C@@H](CC/C=C/C(=O)N(C)C)C(=O)NC1=CC=CN(Cc2cc3ncnc(CC(C)C)c3[nH]2)C1O. The van der Waals surface area contributed by atoms with E-state index in [0.29, 0.717) is 18.9 Å². The molecule has 0 saturated heterocycles. The van der Waals surface area contributed by atoms with Gasteiger partial charge in [-0.05, 0) is 49.5 Å². The van der Waals surface area contributed by atoms with Crippen LogP contribution >= 0.6 is 0 Å². The molecule has 2 aromatic rings. The first-order valence-electron chi connectivity index (χ1n) is 12.8. The number of rotatable bonds is 11. The summed E-state index contributed by atoms with van der Waals surface area (Å²) in [4.78, 5) is 51.9. The second-order valence-electron chi connectivity index (χ2n) is 9.87. The molecule has 1 unspecified atom stereocenters. The quantitative estimate of drug-likeness (QED) is 0.316. The van der Waals surface area contributed by atoms with Crippen LogP contribution in [0.2, 0.25) is 0 Å². The van der Waals surface area contributed by atoms with E-state index < -0.39 is 24.3 Å². The Balaban J connectivity index is 1.66. The molecule has 4 N–H and O–H groups in total. The minimum atomic E-state index is -1.14. The fourth-order valence-corrected chi connectivity index (χ4v) is 4.01. The molecule has 12 heteroatoms. The lowest BCUT2D eigenvalue weighted by Crippen LogP contribution is -2.49. The molecule has 0 bridgehead atoms. The number of allylic oxidation sites excluding steroid dienone is 3. The van der Waals surface area contributed by atoms with Gasteiger partial charge in [-0.3, -0.25) is 9.59 Å². The number of carbonyl (C=O) groups excluding carboxylic acids is 3. The van der Waals surface area contributed by atoms with Crippen LogP contribution in [0.1, 0.15) is 38.1 Å². The average Bonchev–Trinajstić information content (AvgIpc) is 3.31. The summed E-state index contributed by atoms with van der Waals surface area (Å²) in [7, 11) is 4.48. The second-order valence-corrected chi connectivity index (χ2v) is 9.87. The summed E-state index contributed by atoms with van der Waals surface area (Å²) in [6.45, 7) is 4.59. The maximum atomic E-state index is 13.1. The van der Waals surface area contributed by atoms with Gasteiger partial charge in [0, 0.05) is 26.0 Å². The van der Waals surface area contributed by atoms with E-state index in [2.05, 4.69) is 44.2 Å². The van der Waals surface area contributed by atoms with Crippen LogP contribution in [0, 0.1) is 5.92 Å². The van der Waals surface area contributed by atoms with Crippen LogP contribution in [0.15, 0.2) is 48.6 Å². The van der Waals surface area contributed by atoms with Crippen molar-refractivity contribution in [2.45, 2.75) is 51.9 Å². The van der Waals surface area contributed by atoms with Gasteiger partial charge < -0.3 is 35.3 Å². The third-order valence-corrected chi connectivity index (χ3v) is 6.04. The summed E-state index contributed by atoms with van der Waals surface area (Å²) >= 11 is 0. The smallest absolute Gasteiger partial charge is 0.407 e. The third-order valence-electron chi connectivity index (χ3n) is 6.04. The molecule has 0 spiro atoms. The number of carbonyl (C=O) groups is 3. The zero-order valence-electron chi connectivity index (χ0n) is 23.0. The highest BCUT2D eigenvalue weighted by Gasteiger charge is 2.26. The molecule has 210 valence electrons. The average molecular weight is 540 g/mol. The van der Waals surface area contributed by atoms with Crippen molar-refractivity contribution in [1.29, 1.82) is 0 Å². The van der Waals surface area contributed by atoms with Crippen molar-refractivity contribution in [3.63, 3.8) is 0 Å². The van der Waals surface area contributed by atoms with Gasteiger partial charge in [-0.1, -0.05) is 19.9 Å². The number of aromatic nitrogens is 3. The summed E-state index contributed by atoms with van der Waals surface area (Å²) in [5, 5.41) is 16.2. The Morgan fingerprint density at radius 1 is 1.28 bits per heavy atom. The van der Waals surface area contributed by atoms with Gasteiger partial charge in [0.15, 0.2) is 6.23 Å². The topological polar surface area (TPSA) is 153 Å². The number of nitrogens with one attached hydrogen (secondary N) is 3. The van der Waals surface area contributed by atoms with E-state index in [0.717, 1.165) is 28.8 Å². The van der Waals surface area contributed by atoms with Crippen LogP contribution in [0.5, 0.6) is 0 Å². The van der Waals surface area contributed by atoms with Gasteiger partial charge in [0.2, 0.25) is 11.8 Å². The molecule has 2 atom stereocenters. The molecule has 3 amide bonds. The van der Waals surface area contributed by atoms with E-state index in [9.17, 15) is 19.5 Å². The molecule has 3 rings (SSSR count). The monoisotopic (exact) mass is 539 g/mol. The third kappa shape index (κ3) is 8.14. The number of likely N-dealkylation sites (N-methyl/N-ethyl adjacent to an activating group) is 1. The fraction of sp³-hybridized carbons (Fsp3) is 0.444. The fourth-order valence-electron chi connectivity index (χ4n) is 4.01. The first-order valence-corrected chi connectivity index (χ1v) is 12.8. The molecule has 0 aliphatic carbocycles. The van der Waals surface area contributed by atoms with Crippen LogP contribution in [-0.2, 0) is 27.3 Å². The van der Waals surface area contributed by atoms with E-state index in [1.54, 1.807) is 49.8 Å². The standard InChI is InChI=1S/C27H37N7O5/c1-17(2)13-21-24-22(29-16-28-21)14-18(30-24)15-34-12-8-10-20(26(34)37)31-25(36)19(32-27(38)39-5)9-6-7-11-23(35)33(3)4/h7-8,10-12,14,16-17,19,26,30,37H,6,9,13,15H2,1-5H3,(H,31,36)(H,32,38)/b11-7+/t19-,26?/m0/s1. The number of fused-ring (bicyclic) bond motifs is 1. The lowest BCUT2D eigenvalue weighted by Gasteiger charge is -2.31. The maximum absolute atomic E-state index is 13.1. The van der Waals surface area contributed by atoms with E-state index in [-0.39, 0.29) is 18.0 Å². The molecule has 0 radical (unpaired) electrons. The molecule has 0 saturated carbocycles. The summed E-state index contributed by atoms with van der Waals surface area (Å²) in [5.41, 5.74) is 3.70. The predicted octanol–water partition coefficient (Wildman–Crippen LogP) is 1.95. The number of hydrogen-bond acceptors (Lipinski definition) is 8. The van der Waals surface area contributed by atoms with Gasteiger partial charge in [-0.25, -0.2) is 14.8 Å². The molecule has 1 aliphatic rings. The van der Waals surface area contributed by atoms with Gasteiger partial charge in [-0.15, -0.1) is 0 Å². The maximum Gasteiger partial charge on any atom is 0.407 e. The Hall–Kier alpha value is -4.19. The molecule has 0 fully saturated rings. The number of aliphatic hydroxyl groups excluding tert-OH is 1. The number of nitrogens with zero attached hydrogens (tertiary/aromatic N) is 4. The Morgan fingerprint density at radius 3 is 2.74 bits per heavy atom. The van der Waals surface area contributed by atoms with Crippen LogP contribution in [0.3, 0.4) is 0 Å². The van der Waals surface area contributed by atoms with Crippen molar-refractivity contribution >= 4 is 28.9 Å². The Labute approximate surface area is 227 Å². The van der Waals surface area contributed by atoms with Crippen LogP contribution in [0.25, 0.3) is 11.0 Å². The van der Waals surface area contributed by atoms with E-state index in [1.165, 1.54) is 18.1 Å². The largest absolute Gasteiger partial charge is 0.453 e. The highest BCUT2D eigenvalue weighted by atomic mass is 16.5. The molecule has 1 aliphatic heterocycles. The molecule has 12 nitrogen and oxygen atoms in total. The summed E-state index contributed by atoms with van der Waals surface area (Å²) < 4.78 is 4.65. The lowest BCUT2D eigenvalue weighted by molar-refractivity contribution is -0.124. The molecule has 3 heterocycles. The zero-order valence-corrected chi connectivity index (χ0v) is 23.0. The lowest BCUT2D eigenvalue weighted by atomic mass is 10.1. The van der Waals surface area contributed by atoms with Crippen LogP contribution < -0.4 is 10.6 Å². The Morgan fingerprint density at radius 2 is 2.05 bits per heavy atom. The number of alkyl carbamates (subject to hydrolysis) is 1. The molecule has 39 heavy (non-hydrogen) atoms. The van der Waals surface area contributed by atoms with E-state index >= 15 is 0 Å². The Kier molecular flexibility index (Phi) is 10.2. The first-order chi connectivity index (χ1) is 18.6. The summed E-state index contributed by atoms with van der Waals surface area (Å²) in [6.07, 6.45) is 9.13. The summed E-state index contributed by atoms with van der Waals surface area (Å²) in [5.74, 6) is -0.267. The number of amides is 3. The predicted molar refractivity (Wildman–Crippen MR) is 146 cm³/mol. The normalized spacial score (nSPS) is 15.9. The minimum absolute atomic E-state index is 0.183. The molecule has 0 aromatic carbocycles. The number of ether oxygens (including phenoxy) is 1. The number of H-pyrrole nitrogens is 1. The second kappa shape index (κ2) is 13.6. The highest BCUT2D eigenvalue weighted by molar-refractivity contribution is 5.88. The summed E-state index contributed by atoms with van der Waals surface area (Å²) in [6, 6.07) is 0.971. The van der Waals surface area contributed by atoms with Gasteiger partial charge in [0.1, 0.15) is 12.4 Å². The van der Waals surface area contributed by atoms with Crippen molar-refractivity contribution in [2.24, 2.45) is 5.92 Å². The Bertz CT molecular complexity index is 1260. The number of methoxy groups -OCH3 is 1. The molecular weight excluding hydrogens is 502 g/mol. The number of aromatic amines is 1. The van der Waals surface area contributed by atoms with Crippen molar-refractivity contribution in [1.82, 2.24) is 35.4 Å². The number of aliphatic hydroxyl groups is 1. The zero-order chi connectivity index (χ0) is 28.5. The van der Waals surface area contributed by atoms with Crippen molar-refractivity contribution in [3.8, 4) is 0 Å². The van der Waals surface area contributed by atoms with Crippen molar-refractivity contribution in [3.05, 3.63) is 60.0 Å². The van der Waals surface area contributed by atoms with Crippen LogP contribution in [0.4, 0.5) is 4.79 Å². The highest BCUT2D eigenvalue weighted by Crippen LogP contribution is 2.21. The van der Waals surface area contributed by atoms with Crippen molar-refractivity contribution in [2.75, 3.05) is 21.2 Å². The van der Waals surface area contributed by atoms with Crippen LogP contribution in [-0.4, -0.2) is 81.2 Å². The first kappa shape index (κ1) is 29.4. The van der Waals surface area contributed by atoms with E-state index in [4.69, 9.17) is 0 Å². The van der Waals surface area contributed by atoms with E-state index in [1.807, 2.05) is 6.07 Å². The minimum Gasteiger partial charge on any atom is -0.453 e. The number of hydrogen-bond donors (Lipinski definition) is 4.